The normalized spacial score (nSPS) is 11.9. The Morgan fingerprint density at radius 2 is 0.826 bits per heavy atom. The van der Waals surface area contributed by atoms with E-state index >= 15 is 0 Å². The van der Waals surface area contributed by atoms with Crippen molar-refractivity contribution in [3.05, 3.63) is 158 Å². The van der Waals surface area contributed by atoms with Gasteiger partial charge >= 0.3 is 0 Å². The highest BCUT2D eigenvalue weighted by Crippen LogP contribution is 2.47. The molecule has 2 aromatic heterocycles. The third kappa shape index (κ3) is 3.65. The van der Waals surface area contributed by atoms with Gasteiger partial charge in [0.2, 0.25) is 0 Å². The second-order valence-electron chi connectivity index (χ2n) is 12.0. The molecule has 0 bridgehead atoms. The van der Waals surface area contributed by atoms with Gasteiger partial charge in [-0.15, -0.1) is 0 Å². The van der Waals surface area contributed by atoms with Crippen LogP contribution >= 0.6 is 0 Å². The van der Waals surface area contributed by atoms with Gasteiger partial charge in [0.1, 0.15) is 22.3 Å². The van der Waals surface area contributed by atoms with Gasteiger partial charge in [-0.3, -0.25) is 0 Å². The van der Waals surface area contributed by atoms with Crippen molar-refractivity contribution in [3.8, 4) is 33.4 Å². The van der Waals surface area contributed by atoms with Crippen LogP contribution in [0.3, 0.4) is 0 Å². The van der Waals surface area contributed by atoms with E-state index in [1.54, 1.807) is 0 Å². The average molecular weight is 587 g/mol. The average Bonchev–Trinajstić information content (AvgIpc) is 3.69. The lowest BCUT2D eigenvalue weighted by molar-refractivity contribution is 0.668. The molecule has 0 saturated carbocycles. The first kappa shape index (κ1) is 25.2. The number of para-hydroxylation sites is 2. The van der Waals surface area contributed by atoms with Crippen molar-refractivity contribution in [2.75, 3.05) is 0 Å². The van der Waals surface area contributed by atoms with E-state index in [9.17, 15) is 0 Å². The highest BCUT2D eigenvalue weighted by atomic mass is 16.3. The number of rotatable bonds is 3. The van der Waals surface area contributed by atoms with Gasteiger partial charge in [-0.2, -0.15) is 0 Å². The van der Waals surface area contributed by atoms with Gasteiger partial charge in [-0.25, -0.2) is 0 Å². The molecule has 0 aliphatic rings. The zero-order valence-corrected chi connectivity index (χ0v) is 24.8. The van der Waals surface area contributed by atoms with E-state index in [-0.39, 0.29) is 0 Å². The van der Waals surface area contributed by atoms with Crippen LogP contribution in [0.2, 0.25) is 0 Å². The van der Waals surface area contributed by atoms with Crippen LogP contribution < -0.4 is 0 Å². The standard InChI is InChI=1S/C44H26O2/c1-2-11-27(12-3-1)42-31-14-4-5-15-32(31)43(35-17-10-20-41-44(35)34-16-7-9-19-39(34)46-41)33-23-21-28(26-37(33)42)29-22-24-40-36(25-29)30-13-6-8-18-38(30)45-40/h1-26H. The SMILES string of the molecule is c1ccc(-c2c3ccccc3c(-c3cccc4oc5ccccc5c34)c3ccc(-c4ccc5oc6ccccc6c5c4)cc23)cc1. The molecule has 0 saturated heterocycles. The Balaban J connectivity index is 1.33. The molecule has 0 aliphatic heterocycles. The third-order valence-corrected chi connectivity index (χ3v) is 9.47. The summed E-state index contributed by atoms with van der Waals surface area (Å²) in [6, 6.07) is 56.2. The summed E-state index contributed by atoms with van der Waals surface area (Å²) in [7, 11) is 0. The van der Waals surface area contributed by atoms with Crippen LogP contribution in [0, 0.1) is 0 Å². The van der Waals surface area contributed by atoms with Gasteiger partial charge in [0.25, 0.3) is 0 Å². The van der Waals surface area contributed by atoms with Crippen molar-refractivity contribution in [1.29, 1.82) is 0 Å². The Bertz CT molecular complexity index is 2800. The predicted octanol–water partition coefficient (Wildman–Crippen LogP) is 12.8. The lowest BCUT2D eigenvalue weighted by Gasteiger charge is -2.19. The minimum atomic E-state index is 0.903. The summed E-state index contributed by atoms with van der Waals surface area (Å²) in [5, 5.41) is 9.45. The summed E-state index contributed by atoms with van der Waals surface area (Å²) in [5.41, 5.74) is 10.8. The highest BCUT2D eigenvalue weighted by Gasteiger charge is 2.21. The third-order valence-electron chi connectivity index (χ3n) is 9.47. The summed E-state index contributed by atoms with van der Waals surface area (Å²) < 4.78 is 12.5. The molecular formula is C44H26O2. The van der Waals surface area contributed by atoms with E-state index in [2.05, 4.69) is 140 Å². The van der Waals surface area contributed by atoms with E-state index in [4.69, 9.17) is 8.83 Å². The maximum absolute atomic E-state index is 6.36. The van der Waals surface area contributed by atoms with Crippen molar-refractivity contribution < 1.29 is 8.83 Å². The van der Waals surface area contributed by atoms with Crippen LogP contribution in [0.15, 0.2) is 167 Å². The van der Waals surface area contributed by atoms with Crippen LogP contribution in [0.25, 0.3) is 98.8 Å². The molecule has 214 valence electrons. The molecular weight excluding hydrogens is 560 g/mol. The minimum absolute atomic E-state index is 0.903. The molecule has 10 aromatic rings. The first-order chi connectivity index (χ1) is 22.8. The van der Waals surface area contributed by atoms with Gasteiger partial charge in [-0.05, 0) is 91.3 Å². The fourth-order valence-corrected chi connectivity index (χ4v) is 7.45. The Morgan fingerprint density at radius 1 is 0.283 bits per heavy atom. The van der Waals surface area contributed by atoms with Crippen LogP contribution in [0.1, 0.15) is 0 Å². The van der Waals surface area contributed by atoms with Crippen LogP contribution in [0.5, 0.6) is 0 Å². The maximum atomic E-state index is 6.36. The van der Waals surface area contributed by atoms with E-state index < -0.39 is 0 Å². The number of hydrogen-bond acceptors (Lipinski definition) is 2. The van der Waals surface area contributed by atoms with Crippen LogP contribution in [0.4, 0.5) is 0 Å². The first-order valence-corrected chi connectivity index (χ1v) is 15.7. The molecule has 0 unspecified atom stereocenters. The zero-order chi connectivity index (χ0) is 30.2. The quantitative estimate of drug-likeness (QED) is 0.193. The summed E-state index contributed by atoms with van der Waals surface area (Å²) in [4.78, 5) is 0. The van der Waals surface area contributed by atoms with E-state index in [1.165, 1.54) is 49.4 Å². The van der Waals surface area contributed by atoms with Crippen molar-refractivity contribution >= 4 is 65.4 Å². The summed E-state index contributed by atoms with van der Waals surface area (Å²) >= 11 is 0. The summed E-state index contributed by atoms with van der Waals surface area (Å²) in [6.45, 7) is 0. The van der Waals surface area contributed by atoms with Crippen molar-refractivity contribution in [3.63, 3.8) is 0 Å². The molecule has 2 heteroatoms. The lowest BCUT2D eigenvalue weighted by atomic mass is 9.84. The Hall–Kier alpha value is -6.12. The van der Waals surface area contributed by atoms with Gasteiger partial charge in [0.05, 0.1) is 0 Å². The van der Waals surface area contributed by atoms with E-state index in [0.29, 0.717) is 0 Å². The molecule has 0 N–H and O–H groups in total. The van der Waals surface area contributed by atoms with Crippen molar-refractivity contribution in [1.82, 2.24) is 0 Å². The fraction of sp³-hybridized carbons (Fsp3) is 0. The largest absolute Gasteiger partial charge is 0.456 e. The molecule has 0 fully saturated rings. The summed E-state index contributed by atoms with van der Waals surface area (Å²) in [5.74, 6) is 0. The van der Waals surface area contributed by atoms with Crippen molar-refractivity contribution in [2.45, 2.75) is 0 Å². The molecule has 0 aliphatic carbocycles. The van der Waals surface area contributed by atoms with Crippen LogP contribution in [-0.4, -0.2) is 0 Å². The maximum Gasteiger partial charge on any atom is 0.136 e. The molecule has 46 heavy (non-hydrogen) atoms. The van der Waals surface area contributed by atoms with E-state index in [0.717, 1.165) is 49.4 Å². The molecule has 0 spiro atoms. The second kappa shape index (κ2) is 9.69. The molecule has 0 radical (unpaired) electrons. The Morgan fingerprint density at radius 3 is 1.63 bits per heavy atom. The molecule has 8 aromatic carbocycles. The van der Waals surface area contributed by atoms with Gasteiger partial charge in [-0.1, -0.05) is 121 Å². The topological polar surface area (TPSA) is 26.3 Å². The molecule has 2 nitrogen and oxygen atoms in total. The van der Waals surface area contributed by atoms with Gasteiger partial charge in [0.15, 0.2) is 0 Å². The lowest BCUT2D eigenvalue weighted by Crippen LogP contribution is -1.92. The second-order valence-corrected chi connectivity index (χ2v) is 12.0. The summed E-state index contributed by atoms with van der Waals surface area (Å²) in [6.07, 6.45) is 0. The predicted molar refractivity (Wildman–Crippen MR) is 192 cm³/mol. The monoisotopic (exact) mass is 586 g/mol. The number of fused-ring (bicyclic) bond motifs is 8. The van der Waals surface area contributed by atoms with Crippen LogP contribution in [-0.2, 0) is 0 Å². The Kier molecular flexibility index (Phi) is 5.31. The molecule has 10 rings (SSSR count). The number of hydrogen-bond donors (Lipinski definition) is 0. The molecule has 0 amide bonds. The van der Waals surface area contributed by atoms with Crippen molar-refractivity contribution in [2.24, 2.45) is 0 Å². The first-order valence-electron chi connectivity index (χ1n) is 15.7. The van der Waals surface area contributed by atoms with Gasteiger partial charge in [0, 0.05) is 21.5 Å². The Labute approximate surface area is 264 Å². The smallest absolute Gasteiger partial charge is 0.136 e. The fourth-order valence-electron chi connectivity index (χ4n) is 7.45. The molecule has 0 atom stereocenters. The minimum Gasteiger partial charge on any atom is -0.456 e. The zero-order valence-electron chi connectivity index (χ0n) is 24.8. The van der Waals surface area contributed by atoms with E-state index in [1.807, 2.05) is 18.2 Å². The molecule has 2 heterocycles. The van der Waals surface area contributed by atoms with Gasteiger partial charge < -0.3 is 8.83 Å². The number of furan rings is 2. The number of benzene rings is 8. The highest BCUT2D eigenvalue weighted by molar-refractivity contribution is 6.26.